The maximum atomic E-state index is 12.7. The predicted molar refractivity (Wildman–Crippen MR) is 55.5 cm³/mol. The zero-order chi connectivity index (χ0) is 9.97. The fourth-order valence-corrected chi connectivity index (χ4v) is 1.98. The second-order valence-corrected chi connectivity index (χ2v) is 4.19. The van der Waals surface area contributed by atoms with Gasteiger partial charge >= 0.3 is 0 Å². The molecule has 0 spiro atoms. The lowest BCUT2D eigenvalue weighted by Gasteiger charge is -2.28. The molecule has 1 fully saturated rings. The molecule has 2 rings (SSSR count). The summed E-state index contributed by atoms with van der Waals surface area (Å²) in [4.78, 5) is 0. The van der Waals surface area contributed by atoms with Crippen molar-refractivity contribution in [2.75, 3.05) is 6.54 Å². The molecule has 0 saturated carbocycles. The number of rotatable bonds is 1. The molecule has 0 amide bonds. The first kappa shape index (κ1) is 9.66. The van der Waals surface area contributed by atoms with Gasteiger partial charge in [-0.3, -0.25) is 0 Å². The highest BCUT2D eigenvalue weighted by atomic mass is 19.1. The minimum absolute atomic E-state index is 0.155. The van der Waals surface area contributed by atoms with Crippen molar-refractivity contribution in [2.45, 2.75) is 25.8 Å². The van der Waals surface area contributed by atoms with Gasteiger partial charge in [-0.25, -0.2) is 4.39 Å². The molecule has 76 valence electrons. The first-order valence-corrected chi connectivity index (χ1v) is 5.24. The Kier molecular flexibility index (Phi) is 2.82. The third-order valence-corrected chi connectivity index (χ3v) is 2.93. The third kappa shape index (κ3) is 2.13. The van der Waals surface area contributed by atoms with Crippen molar-refractivity contribution < 1.29 is 4.39 Å². The van der Waals surface area contributed by atoms with Gasteiger partial charge in [0.2, 0.25) is 0 Å². The number of hydrogen-bond donors (Lipinski definition) is 1. The van der Waals surface area contributed by atoms with Gasteiger partial charge in [-0.15, -0.1) is 0 Å². The van der Waals surface area contributed by atoms with Gasteiger partial charge in [0.1, 0.15) is 5.82 Å². The van der Waals surface area contributed by atoms with E-state index in [2.05, 4.69) is 12.2 Å². The van der Waals surface area contributed by atoms with Crippen molar-refractivity contribution in [3.05, 3.63) is 35.6 Å². The molecule has 1 aromatic carbocycles. The van der Waals surface area contributed by atoms with Gasteiger partial charge in [0.15, 0.2) is 0 Å². The molecular formula is C12H16FN. The molecule has 1 N–H and O–H groups in total. The lowest BCUT2D eigenvalue weighted by molar-refractivity contribution is 0.333. The van der Waals surface area contributed by atoms with Crippen LogP contribution in [-0.4, -0.2) is 6.54 Å². The maximum Gasteiger partial charge on any atom is 0.123 e. The van der Waals surface area contributed by atoms with Crippen LogP contribution in [0.1, 0.15) is 31.4 Å². The summed E-state index contributed by atoms with van der Waals surface area (Å²) in [6, 6.07) is 7.25. The Hall–Kier alpha value is -0.890. The van der Waals surface area contributed by atoms with Crippen LogP contribution in [0.3, 0.4) is 0 Å². The number of piperidine rings is 1. The minimum atomic E-state index is -0.155. The molecular weight excluding hydrogens is 177 g/mol. The molecule has 1 aromatic rings. The van der Waals surface area contributed by atoms with Gasteiger partial charge in [0, 0.05) is 6.04 Å². The number of halogens is 1. The molecule has 14 heavy (non-hydrogen) atoms. The van der Waals surface area contributed by atoms with Crippen molar-refractivity contribution >= 4 is 0 Å². The van der Waals surface area contributed by atoms with E-state index in [1.165, 1.54) is 24.1 Å². The van der Waals surface area contributed by atoms with Gasteiger partial charge < -0.3 is 5.32 Å². The first-order chi connectivity index (χ1) is 6.75. The van der Waals surface area contributed by atoms with Crippen LogP contribution in [-0.2, 0) is 0 Å². The van der Waals surface area contributed by atoms with E-state index in [-0.39, 0.29) is 5.82 Å². The number of nitrogens with one attached hydrogen (secondary N) is 1. The van der Waals surface area contributed by atoms with Crippen molar-refractivity contribution in [2.24, 2.45) is 5.92 Å². The van der Waals surface area contributed by atoms with E-state index >= 15 is 0 Å². The highest BCUT2D eigenvalue weighted by molar-refractivity contribution is 5.20. The summed E-state index contributed by atoms with van der Waals surface area (Å²) in [6.45, 7) is 3.33. The molecule has 1 saturated heterocycles. The quantitative estimate of drug-likeness (QED) is 0.723. The molecule has 0 aliphatic carbocycles. The van der Waals surface area contributed by atoms with Gasteiger partial charge in [-0.2, -0.15) is 0 Å². The van der Waals surface area contributed by atoms with Crippen LogP contribution in [0.15, 0.2) is 24.3 Å². The van der Waals surface area contributed by atoms with Crippen molar-refractivity contribution in [3.8, 4) is 0 Å². The molecule has 2 atom stereocenters. The summed E-state index contributed by atoms with van der Waals surface area (Å²) < 4.78 is 12.7. The van der Waals surface area contributed by atoms with Gasteiger partial charge in [0.25, 0.3) is 0 Å². The second-order valence-electron chi connectivity index (χ2n) is 4.19. The van der Waals surface area contributed by atoms with Gasteiger partial charge in [-0.1, -0.05) is 19.1 Å². The summed E-state index contributed by atoms with van der Waals surface area (Å²) in [5, 5.41) is 3.48. The SMILES string of the molecule is CC1CCC(c2ccc(F)cc2)NC1. The van der Waals surface area contributed by atoms with Crippen LogP contribution in [0.2, 0.25) is 0 Å². The van der Waals surface area contributed by atoms with Gasteiger partial charge in [-0.05, 0) is 43.0 Å². The Morgan fingerprint density at radius 1 is 1.21 bits per heavy atom. The van der Waals surface area contributed by atoms with Crippen LogP contribution in [0.25, 0.3) is 0 Å². The molecule has 0 bridgehead atoms. The molecule has 2 unspecified atom stereocenters. The van der Waals surface area contributed by atoms with E-state index in [0.717, 1.165) is 18.9 Å². The Morgan fingerprint density at radius 2 is 1.93 bits per heavy atom. The predicted octanol–water partition coefficient (Wildman–Crippen LogP) is 2.89. The first-order valence-electron chi connectivity index (χ1n) is 5.24. The summed E-state index contributed by atoms with van der Waals surface area (Å²) in [5.74, 6) is 0.615. The molecule has 1 aliphatic rings. The zero-order valence-electron chi connectivity index (χ0n) is 8.46. The number of hydrogen-bond acceptors (Lipinski definition) is 1. The maximum absolute atomic E-state index is 12.7. The van der Waals surface area contributed by atoms with E-state index in [9.17, 15) is 4.39 Å². The fraction of sp³-hybridized carbons (Fsp3) is 0.500. The third-order valence-electron chi connectivity index (χ3n) is 2.93. The Labute approximate surface area is 84.3 Å². The van der Waals surface area contributed by atoms with Crippen molar-refractivity contribution in [1.82, 2.24) is 5.32 Å². The summed E-state index contributed by atoms with van der Waals surface area (Å²) in [6.07, 6.45) is 2.42. The van der Waals surface area contributed by atoms with E-state index in [1.807, 2.05) is 12.1 Å². The van der Waals surface area contributed by atoms with E-state index in [0.29, 0.717) is 6.04 Å². The standard InChI is InChI=1S/C12H16FN/c1-9-2-7-12(14-8-9)10-3-5-11(13)6-4-10/h3-6,9,12,14H,2,7-8H2,1H3. The number of benzene rings is 1. The minimum Gasteiger partial charge on any atom is -0.310 e. The van der Waals surface area contributed by atoms with Crippen LogP contribution in [0.4, 0.5) is 4.39 Å². The van der Waals surface area contributed by atoms with Crippen LogP contribution in [0.5, 0.6) is 0 Å². The summed E-state index contributed by atoms with van der Waals surface area (Å²) in [7, 11) is 0. The van der Waals surface area contributed by atoms with E-state index in [1.54, 1.807) is 0 Å². The normalized spacial score (nSPS) is 27.6. The van der Waals surface area contributed by atoms with Crippen LogP contribution in [0, 0.1) is 11.7 Å². The fourth-order valence-electron chi connectivity index (χ4n) is 1.98. The molecule has 2 heteroatoms. The zero-order valence-corrected chi connectivity index (χ0v) is 8.46. The Morgan fingerprint density at radius 3 is 2.50 bits per heavy atom. The molecule has 0 aromatic heterocycles. The lowest BCUT2D eigenvalue weighted by Crippen LogP contribution is -2.31. The monoisotopic (exact) mass is 193 g/mol. The van der Waals surface area contributed by atoms with E-state index < -0.39 is 0 Å². The summed E-state index contributed by atoms with van der Waals surface area (Å²) in [5.41, 5.74) is 1.21. The van der Waals surface area contributed by atoms with Crippen molar-refractivity contribution in [1.29, 1.82) is 0 Å². The summed E-state index contributed by atoms with van der Waals surface area (Å²) >= 11 is 0. The highest BCUT2D eigenvalue weighted by Crippen LogP contribution is 2.25. The Bertz CT molecular complexity index is 286. The molecule has 1 heterocycles. The lowest BCUT2D eigenvalue weighted by atomic mass is 9.92. The Balaban J connectivity index is 2.05. The average molecular weight is 193 g/mol. The average Bonchev–Trinajstić information content (AvgIpc) is 2.21. The molecule has 1 aliphatic heterocycles. The topological polar surface area (TPSA) is 12.0 Å². The largest absolute Gasteiger partial charge is 0.310 e. The smallest absolute Gasteiger partial charge is 0.123 e. The molecule has 0 radical (unpaired) electrons. The molecule has 1 nitrogen and oxygen atoms in total. The van der Waals surface area contributed by atoms with Crippen molar-refractivity contribution in [3.63, 3.8) is 0 Å². The van der Waals surface area contributed by atoms with E-state index in [4.69, 9.17) is 0 Å². The highest BCUT2D eigenvalue weighted by Gasteiger charge is 2.18. The second kappa shape index (κ2) is 4.09. The van der Waals surface area contributed by atoms with Crippen LogP contribution >= 0.6 is 0 Å². The van der Waals surface area contributed by atoms with Gasteiger partial charge in [0.05, 0.1) is 0 Å². The van der Waals surface area contributed by atoms with Crippen LogP contribution < -0.4 is 5.32 Å².